The van der Waals surface area contributed by atoms with Gasteiger partial charge in [-0.1, -0.05) is 60.2 Å². The highest BCUT2D eigenvalue weighted by Gasteiger charge is 2.22. The van der Waals surface area contributed by atoms with E-state index in [0.717, 1.165) is 38.4 Å². The largest absolute Gasteiger partial charge is 0.361 e. The van der Waals surface area contributed by atoms with E-state index in [1.54, 1.807) is 0 Å². The summed E-state index contributed by atoms with van der Waals surface area (Å²) < 4.78 is 0. The molecule has 0 saturated heterocycles. The van der Waals surface area contributed by atoms with E-state index in [0.29, 0.717) is 5.11 Å². The fraction of sp³-hybridized carbons (Fsp3) is 0.0667. The number of thiocarbonyl (C=S) groups is 1. The third-order valence-corrected chi connectivity index (χ3v) is 7.27. The summed E-state index contributed by atoms with van der Waals surface area (Å²) in [5, 5.41) is 10.7. The van der Waals surface area contributed by atoms with E-state index in [4.69, 9.17) is 12.2 Å². The van der Waals surface area contributed by atoms with Gasteiger partial charge in [-0.25, -0.2) is 0 Å². The third-order valence-electron chi connectivity index (χ3n) is 5.82. The minimum Gasteiger partial charge on any atom is -0.361 e. The maximum absolute atomic E-state index is 13.5. The average Bonchev–Trinajstić information content (AvgIpc) is 3.37. The fourth-order valence-electron chi connectivity index (χ4n) is 3.95. The number of carbonyl (C=O) groups excluding carboxylic acids is 1. The summed E-state index contributed by atoms with van der Waals surface area (Å²) >= 11 is 7.00. The van der Waals surface area contributed by atoms with Crippen molar-refractivity contribution in [3.63, 3.8) is 0 Å². The van der Waals surface area contributed by atoms with Gasteiger partial charge in [0.1, 0.15) is 5.25 Å². The van der Waals surface area contributed by atoms with E-state index in [2.05, 4.69) is 20.9 Å². The Bertz CT molecular complexity index is 1530. The van der Waals surface area contributed by atoms with Crippen molar-refractivity contribution in [2.75, 3.05) is 16.0 Å². The molecule has 1 aromatic heterocycles. The molecule has 0 radical (unpaired) electrons. The SMILES string of the molecule is Cc1ccc(NC(=S)Nc2cccc(SC(C(=O)Nc3ccc4cc[nH]c4c3)c3ccccc3)c2)cc1. The molecule has 1 atom stereocenters. The van der Waals surface area contributed by atoms with Gasteiger partial charge in [-0.15, -0.1) is 11.8 Å². The molecule has 0 saturated carbocycles. The molecule has 184 valence electrons. The van der Waals surface area contributed by atoms with Crippen LogP contribution in [0.1, 0.15) is 16.4 Å². The van der Waals surface area contributed by atoms with Gasteiger partial charge in [0.25, 0.3) is 0 Å². The maximum atomic E-state index is 13.5. The molecular weight excluding hydrogens is 496 g/mol. The number of rotatable bonds is 7. The number of carbonyl (C=O) groups is 1. The second kappa shape index (κ2) is 11.3. The summed E-state index contributed by atoms with van der Waals surface area (Å²) in [5.41, 5.74) is 5.63. The predicted molar refractivity (Wildman–Crippen MR) is 159 cm³/mol. The van der Waals surface area contributed by atoms with Crippen LogP contribution in [0.5, 0.6) is 0 Å². The molecule has 4 aromatic carbocycles. The number of aromatic nitrogens is 1. The van der Waals surface area contributed by atoms with Crippen molar-refractivity contribution >= 4 is 63.0 Å². The van der Waals surface area contributed by atoms with Crippen LogP contribution in [0.3, 0.4) is 0 Å². The monoisotopic (exact) mass is 522 g/mol. The topological polar surface area (TPSA) is 68.9 Å². The number of anilines is 3. The molecule has 1 unspecified atom stereocenters. The summed E-state index contributed by atoms with van der Waals surface area (Å²) in [6.45, 7) is 2.05. The van der Waals surface area contributed by atoms with E-state index >= 15 is 0 Å². The normalized spacial score (nSPS) is 11.6. The zero-order chi connectivity index (χ0) is 25.6. The molecule has 0 aliphatic rings. The van der Waals surface area contributed by atoms with Gasteiger partial charge in [0.05, 0.1) is 0 Å². The number of hydrogen-bond acceptors (Lipinski definition) is 3. The predicted octanol–water partition coefficient (Wildman–Crippen LogP) is 7.76. The van der Waals surface area contributed by atoms with Gasteiger partial charge in [-0.2, -0.15) is 0 Å². The summed E-state index contributed by atoms with van der Waals surface area (Å²) in [7, 11) is 0. The Labute approximate surface area is 225 Å². The van der Waals surface area contributed by atoms with Crippen molar-refractivity contribution in [1.29, 1.82) is 0 Å². The molecule has 5 aromatic rings. The number of thioether (sulfide) groups is 1. The summed E-state index contributed by atoms with van der Waals surface area (Å²) in [6.07, 6.45) is 1.89. The van der Waals surface area contributed by atoms with E-state index in [9.17, 15) is 4.79 Å². The summed E-state index contributed by atoms with van der Waals surface area (Å²) in [4.78, 5) is 17.6. The standard InChI is InChI=1S/C30H26N4OS2/c1-20-10-13-23(14-11-20)33-30(36)34-24-8-5-9-26(18-24)37-28(22-6-3-2-4-7-22)29(35)32-25-15-12-21-16-17-31-27(21)19-25/h2-19,28,31H,1H3,(H,32,35)(H2,33,34,36). The van der Waals surface area contributed by atoms with Crippen molar-refractivity contribution < 1.29 is 4.79 Å². The number of nitrogens with one attached hydrogen (secondary N) is 4. The van der Waals surface area contributed by atoms with Gasteiger partial charge < -0.3 is 20.9 Å². The number of benzene rings is 4. The molecule has 1 heterocycles. The highest BCUT2D eigenvalue weighted by Crippen LogP contribution is 2.37. The third kappa shape index (κ3) is 6.39. The highest BCUT2D eigenvalue weighted by molar-refractivity contribution is 8.00. The lowest BCUT2D eigenvalue weighted by Gasteiger charge is -2.18. The Kier molecular flexibility index (Phi) is 7.54. The summed E-state index contributed by atoms with van der Waals surface area (Å²) in [5.74, 6) is -0.0861. The van der Waals surface area contributed by atoms with E-state index in [-0.39, 0.29) is 5.91 Å². The minimum atomic E-state index is -0.437. The Balaban J connectivity index is 1.31. The van der Waals surface area contributed by atoms with Gasteiger partial charge in [0.15, 0.2) is 5.11 Å². The molecule has 0 spiro atoms. The Morgan fingerprint density at radius 3 is 2.32 bits per heavy atom. The van der Waals surface area contributed by atoms with Crippen LogP contribution in [0.4, 0.5) is 17.1 Å². The Morgan fingerprint density at radius 2 is 1.51 bits per heavy atom. The van der Waals surface area contributed by atoms with E-state index in [1.807, 2.05) is 116 Å². The van der Waals surface area contributed by atoms with Crippen LogP contribution in [0.2, 0.25) is 0 Å². The first-order chi connectivity index (χ1) is 18.0. The number of aryl methyl sites for hydroxylation is 1. The first-order valence-corrected chi connectivity index (χ1v) is 13.2. The maximum Gasteiger partial charge on any atom is 0.242 e. The van der Waals surface area contributed by atoms with Gasteiger partial charge in [0, 0.05) is 33.7 Å². The first-order valence-electron chi connectivity index (χ1n) is 11.9. The quantitative estimate of drug-likeness (QED) is 0.130. The van der Waals surface area contributed by atoms with Gasteiger partial charge in [-0.05, 0) is 78.6 Å². The van der Waals surface area contributed by atoms with Crippen LogP contribution in [0, 0.1) is 6.92 Å². The fourth-order valence-corrected chi connectivity index (χ4v) is 5.27. The molecule has 4 N–H and O–H groups in total. The number of amides is 1. The van der Waals surface area contributed by atoms with Crippen LogP contribution in [-0.4, -0.2) is 16.0 Å². The lowest BCUT2D eigenvalue weighted by Crippen LogP contribution is -2.19. The molecule has 0 aliphatic heterocycles. The Hall–Kier alpha value is -4.07. The number of H-pyrrole nitrogens is 1. The van der Waals surface area contributed by atoms with Crippen LogP contribution < -0.4 is 16.0 Å². The van der Waals surface area contributed by atoms with Crippen molar-refractivity contribution in [3.05, 3.63) is 120 Å². The van der Waals surface area contributed by atoms with Crippen molar-refractivity contribution in [1.82, 2.24) is 4.98 Å². The zero-order valence-electron chi connectivity index (χ0n) is 20.2. The van der Waals surface area contributed by atoms with Gasteiger partial charge in [0.2, 0.25) is 5.91 Å². The molecule has 7 heteroatoms. The van der Waals surface area contributed by atoms with Crippen molar-refractivity contribution in [2.45, 2.75) is 17.1 Å². The second-order valence-corrected chi connectivity index (χ2v) is 10.2. The molecule has 0 bridgehead atoms. The van der Waals surface area contributed by atoms with Crippen LogP contribution in [0.25, 0.3) is 10.9 Å². The van der Waals surface area contributed by atoms with E-state index in [1.165, 1.54) is 17.3 Å². The number of hydrogen-bond donors (Lipinski definition) is 4. The second-order valence-electron chi connectivity index (χ2n) is 8.65. The van der Waals surface area contributed by atoms with Gasteiger partial charge in [-0.3, -0.25) is 4.79 Å². The molecule has 0 aliphatic carbocycles. The molecule has 5 rings (SSSR count). The average molecular weight is 523 g/mol. The lowest BCUT2D eigenvalue weighted by atomic mass is 10.1. The van der Waals surface area contributed by atoms with E-state index < -0.39 is 5.25 Å². The highest BCUT2D eigenvalue weighted by atomic mass is 32.2. The number of fused-ring (bicyclic) bond motifs is 1. The summed E-state index contributed by atoms with van der Waals surface area (Å²) in [6, 6.07) is 33.7. The number of aromatic amines is 1. The first kappa shape index (κ1) is 24.6. The van der Waals surface area contributed by atoms with Gasteiger partial charge >= 0.3 is 0 Å². The molecule has 1 amide bonds. The zero-order valence-corrected chi connectivity index (χ0v) is 21.8. The van der Waals surface area contributed by atoms with Crippen LogP contribution in [-0.2, 0) is 4.79 Å². The molecule has 5 nitrogen and oxygen atoms in total. The molecular formula is C30H26N4OS2. The van der Waals surface area contributed by atoms with Crippen LogP contribution in [0.15, 0.2) is 114 Å². The lowest BCUT2D eigenvalue weighted by molar-refractivity contribution is -0.115. The minimum absolute atomic E-state index is 0.0861. The Morgan fingerprint density at radius 1 is 0.784 bits per heavy atom. The van der Waals surface area contributed by atoms with Crippen molar-refractivity contribution in [3.8, 4) is 0 Å². The van der Waals surface area contributed by atoms with Crippen molar-refractivity contribution in [2.24, 2.45) is 0 Å². The molecule has 37 heavy (non-hydrogen) atoms. The van der Waals surface area contributed by atoms with Crippen LogP contribution >= 0.6 is 24.0 Å². The smallest absolute Gasteiger partial charge is 0.242 e. The molecule has 0 fully saturated rings.